The lowest BCUT2D eigenvalue weighted by Gasteiger charge is -2.06. The van der Waals surface area contributed by atoms with Crippen molar-refractivity contribution in [2.45, 2.75) is 12.8 Å². The largest absolute Gasteiger partial charge is 0.309 e. The molecule has 1 N–H and O–H groups in total. The number of para-hydroxylation sites is 1. The molecule has 0 saturated heterocycles. The minimum Gasteiger partial charge on any atom is -0.309 e. The van der Waals surface area contributed by atoms with Gasteiger partial charge in [-0.25, -0.2) is 4.68 Å². The van der Waals surface area contributed by atoms with E-state index in [0.29, 0.717) is 12.2 Å². The Morgan fingerprint density at radius 2 is 2.11 bits per heavy atom. The molecule has 1 aromatic heterocycles. The van der Waals surface area contributed by atoms with Crippen LogP contribution in [-0.4, -0.2) is 33.9 Å². The molecule has 0 unspecified atom stereocenters. The van der Waals surface area contributed by atoms with Crippen molar-refractivity contribution in [3.63, 3.8) is 0 Å². The van der Waals surface area contributed by atoms with Crippen molar-refractivity contribution in [1.82, 2.24) is 20.3 Å². The molecule has 0 aliphatic heterocycles. The molecule has 98 valence electrons. The average molecular weight is 256 g/mol. The standard InChI is InChI=1S/C14H16N4O/c19-14(10-15-8-11-6-7-11)13-9-16-17-18(13)12-4-2-1-3-5-12/h1-5,9,11,15H,6-8,10H2. The summed E-state index contributed by atoms with van der Waals surface area (Å²) in [6.45, 7) is 1.27. The minimum absolute atomic E-state index is 0.0227. The normalized spacial score (nSPS) is 14.5. The zero-order chi connectivity index (χ0) is 13.1. The number of nitrogens with one attached hydrogen (secondary N) is 1. The molecule has 1 saturated carbocycles. The van der Waals surface area contributed by atoms with Crippen LogP contribution >= 0.6 is 0 Å². The highest BCUT2D eigenvalue weighted by Gasteiger charge is 2.21. The molecule has 0 amide bonds. The van der Waals surface area contributed by atoms with Crippen LogP contribution in [0, 0.1) is 5.92 Å². The number of hydrogen-bond donors (Lipinski definition) is 1. The molecule has 1 aliphatic carbocycles. The fourth-order valence-corrected chi connectivity index (χ4v) is 1.99. The first kappa shape index (κ1) is 12.0. The van der Waals surface area contributed by atoms with Crippen molar-refractivity contribution >= 4 is 5.78 Å². The van der Waals surface area contributed by atoms with Gasteiger partial charge in [-0.2, -0.15) is 0 Å². The van der Waals surface area contributed by atoms with E-state index in [4.69, 9.17) is 0 Å². The molecular formula is C14H16N4O. The van der Waals surface area contributed by atoms with Gasteiger partial charge >= 0.3 is 0 Å². The predicted molar refractivity (Wildman–Crippen MR) is 71.3 cm³/mol. The third-order valence-electron chi connectivity index (χ3n) is 3.25. The van der Waals surface area contributed by atoms with E-state index in [1.807, 2.05) is 30.3 Å². The second-order valence-electron chi connectivity index (χ2n) is 4.86. The Hall–Kier alpha value is -2.01. The number of carbonyl (C=O) groups is 1. The first-order valence-electron chi connectivity index (χ1n) is 6.54. The minimum atomic E-state index is 0.0227. The number of nitrogens with zero attached hydrogens (tertiary/aromatic N) is 3. The molecule has 0 radical (unpaired) electrons. The average Bonchev–Trinajstić information content (AvgIpc) is 3.13. The van der Waals surface area contributed by atoms with E-state index in [9.17, 15) is 4.79 Å². The Morgan fingerprint density at radius 3 is 2.84 bits per heavy atom. The second kappa shape index (κ2) is 5.32. The first-order chi connectivity index (χ1) is 9.34. The zero-order valence-corrected chi connectivity index (χ0v) is 10.6. The Balaban J connectivity index is 1.70. The van der Waals surface area contributed by atoms with Gasteiger partial charge in [-0.3, -0.25) is 4.79 Å². The van der Waals surface area contributed by atoms with Crippen LogP contribution in [-0.2, 0) is 0 Å². The van der Waals surface area contributed by atoms with Crippen LogP contribution in [0.15, 0.2) is 36.5 Å². The highest BCUT2D eigenvalue weighted by molar-refractivity contribution is 5.96. The third-order valence-corrected chi connectivity index (χ3v) is 3.25. The summed E-state index contributed by atoms with van der Waals surface area (Å²) in [6.07, 6.45) is 4.09. The summed E-state index contributed by atoms with van der Waals surface area (Å²) in [6, 6.07) is 9.57. The molecular weight excluding hydrogens is 240 g/mol. The van der Waals surface area contributed by atoms with Gasteiger partial charge in [-0.15, -0.1) is 5.10 Å². The fourth-order valence-electron chi connectivity index (χ4n) is 1.99. The van der Waals surface area contributed by atoms with Crippen molar-refractivity contribution < 1.29 is 4.79 Å². The number of benzene rings is 1. The van der Waals surface area contributed by atoms with Gasteiger partial charge in [0.1, 0.15) is 5.69 Å². The summed E-state index contributed by atoms with van der Waals surface area (Å²) in [4.78, 5) is 12.1. The van der Waals surface area contributed by atoms with Gasteiger partial charge in [0.2, 0.25) is 0 Å². The highest BCUT2D eigenvalue weighted by Crippen LogP contribution is 2.27. The van der Waals surface area contributed by atoms with Crippen LogP contribution in [0.4, 0.5) is 0 Å². The molecule has 1 aliphatic rings. The summed E-state index contributed by atoms with van der Waals surface area (Å²) in [5.74, 6) is 0.791. The molecule has 5 nitrogen and oxygen atoms in total. The quantitative estimate of drug-likeness (QED) is 0.795. The molecule has 5 heteroatoms. The Labute approximate surface area is 111 Å². The summed E-state index contributed by atoms with van der Waals surface area (Å²) in [5.41, 5.74) is 1.38. The number of aromatic nitrogens is 3. The van der Waals surface area contributed by atoms with Crippen LogP contribution in [0.3, 0.4) is 0 Å². The number of rotatable bonds is 6. The summed E-state index contributed by atoms with van der Waals surface area (Å²) in [5, 5.41) is 11.0. The van der Waals surface area contributed by atoms with Gasteiger partial charge in [-0.05, 0) is 37.4 Å². The maximum Gasteiger partial charge on any atom is 0.196 e. The van der Waals surface area contributed by atoms with Crippen molar-refractivity contribution in [2.75, 3.05) is 13.1 Å². The number of ketones is 1. The van der Waals surface area contributed by atoms with Crippen molar-refractivity contribution in [1.29, 1.82) is 0 Å². The van der Waals surface area contributed by atoms with E-state index in [-0.39, 0.29) is 5.78 Å². The molecule has 3 rings (SSSR count). The molecule has 1 fully saturated rings. The maximum atomic E-state index is 12.1. The molecule has 1 aromatic carbocycles. The van der Waals surface area contributed by atoms with Crippen molar-refractivity contribution in [2.24, 2.45) is 5.92 Å². The molecule has 1 heterocycles. The molecule has 0 spiro atoms. The summed E-state index contributed by atoms with van der Waals surface area (Å²) >= 11 is 0. The zero-order valence-electron chi connectivity index (χ0n) is 10.6. The molecule has 0 bridgehead atoms. The number of Topliss-reactive ketones (excluding diaryl/α,β-unsaturated/α-hetero) is 1. The summed E-state index contributed by atoms with van der Waals surface area (Å²) in [7, 11) is 0. The van der Waals surface area contributed by atoms with Crippen LogP contribution in [0.1, 0.15) is 23.3 Å². The summed E-state index contributed by atoms with van der Waals surface area (Å²) < 4.78 is 1.58. The van der Waals surface area contributed by atoms with Crippen LogP contribution < -0.4 is 5.32 Å². The molecule has 0 atom stereocenters. The Kier molecular flexibility index (Phi) is 3.37. The first-order valence-corrected chi connectivity index (χ1v) is 6.54. The van der Waals surface area contributed by atoms with Gasteiger partial charge < -0.3 is 5.32 Å². The monoisotopic (exact) mass is 256 g/mol. The van der Waals surface area contributed by atoms with Gasteiger partial charge in [0.25, 0.3) is 0 Å². The lowest BCUT2D eigenvalue weighted by molar-refractivity contribution is 0.0983. The van der Waals surface area contributed by atoms with Crippen LogP contribution in [0.5, 0.6) is 0 Å². The number of hydrogen-bond acceptors (Lipinski definition) is 4. The van der Waals surface area contributed by atoms with E-state index in [0.717, 1.165) is 18.2 Å². The lowest BCUT2D eigenvalue weighted by Crippen LogP contribution is -2.26. The molecule has 19 heavy (non-hydrogen) atoms. The topological polar surface area (TPSA) is 59.8 Å². The Bertz CT molecular complexity index is 560. The lowest BCUT2D eigenvalue weighted by atomic mass is 10.2. The van der Waals surface area contributed by atoms with E-state index >= 15 is 0 Å². The van der Waals surface area contributed by atoms with Crippen LogP contribution in [0.2, 0.25) is 0 Å². The molecule has 2 aromatic rings. The van der Waals surface area contributed by atoms with E-state index < -0.39 is 0 Å². The fraction of sp³-hybridized carbons (Fsp3) is 0.357. The van der Waals surface area contributed by atoms with E-state index in [2.05, 4.69) is 15.6 Å². The smallest absolute Gasteiger partial charge is 0.196 e. The second-order valence-corrected chi connectivity index (χ2v) is 4.86. The van der Waals surface area contributed by atoms with Gasteiger partial charge in [-0.1, -0.05) is 23.4 Å². The van der Waals surface area contributed by atoms with E-state index in [1.165, 1.54) is 19.0 Å². The third kappa shape index (κ3) is 2.88. The Morgan fingerprint density at radius 1 is 1.32 bits per heavy atom. The van der Waals surface area contributed by atoms with Gasteiger partial charge in [0.15, 0.2) is 5.78 Å². The number of carbonyl (C=O) groups excluding carboxylic acids is 1. The maximum absolute atomic E-state index is 12.1. The van der Waals surface area contributed by atoms with Gasteiger partial charge in [0, 0.05) is 0 Å². The predicted octanol–water partition coefficient (Wildman–Crippen LogP) is 1.45. The highest BCUT2D eigenvalue weighted by atomic mass is 16.1. The van der Waals surface area contributed by atoms with Crippen molar-refractivity contribution in [3.8, 4) is 5.69 Å². The SMILES string of the molecule is O=C(CNCC1CC1)c1cnnn1-c1ccccc1. The van der Waals surface area contributed by atoms with Crippen molar-refractivity contribution in [3.05, 3.63) is 42.2 Å². The van der Waals surface area contributed by atoms with Gasteiger partial charge in [0.05, 0.1) is 18.4 Å². The van der Waals surface area contributed by atoms with Crippen LogP contribution in [0.25, 0.3) is 5.69 Å². The van der Waals surface area contributed by atoms with E-state index in [1.54, 1.807) is 4.68 Å².